The van der Waals surface area contributed by atoms with Crippen LogP contribution in [0.1, 0.15) is 39.3 Å². The lowest BCUT2D eigenvalue weighted by molar-refractivity contribution is -0.136. The Morgan fingerprint density at radius 2 is 1.84 bits per heavy atom. The maximum Gasteiger partial charge on any atom is 0.305 e. The molecule has 4 rings (SSSR count). The molecule has 0 unspecified atom stereocenters. The Balaban J connectivity index is 1.61. The number of aryl methyl sites for hydroxylation is 3. The molecule has 0 saturated carbocycles. The largest absolute Gasteiger partial charge is 0.481 e. The Kier molecular flexibility index (Phi) is 7.43. The second-order valence-corrected chi connectivity index (χ2v) is 9.14. The third-order valence-electron chi connectivity index (χ3n) is 6.37. The van der Waals surface area contributed by atoms with Gasteiger partial charge in [0.25, 0.3) is 5.91 Å². The standard InChI is InChI=1S/C28H29FN6O3/c1-16-4-8-23(17(2)12-16)35(11-10-26(36)37)28(38)19-6-9-24-22(14-19)33-25(34(24)3)15-32-21-7-5-18(27(30)31)13-20(21)29/h4-9,12-14,32H,10-11,15H2,1-3H3,(H3,30,31)(H,36,37). The lowest BCUT2D eigenvalue weighted by Crippen LogP contribution is -2.33. The third-order valence-corrected chi connectivity index (χ3v) is 6.37. The molecule has 196 valence electrons. The molecular weight excluding hydrogens is 487 g/mol. The number of hydrogen-bond acceptors (Lipinski definition) is 5. The van der Waals surface area contributed by atoms with E-state index in [2.05, 4.69) is 10.3 Å². The van der Waals surface area contributed by atoms with Crippen molar-refractivity contribution in [3.8, 4) is 0 Å². The predicted molar refractivity (Wildman–Crippen MR) is 145 cm³/mol. The molecule has 0 fully saturated rings. The van der Waals surface area contributed by atoms with E-state index in [-0.39, 0.29) is 36.9 Å². The highest BCUT2D eigenvalue weighted by Crippen LogP contribution is 2.25. The molecule has 1 aromatic heterocycles. The van der Waals surface area contributed by atoms with Crippen molar-refractivity contribution in [2.75, 3.05) is 16.8 Å². The number of carboxylic acid groups (broad SMARTS) is 1. The molecule has 0 radical (unpaired) electrons. The van der Waals surface area contributed by atoms with E-state index < -0.39 is 11.8 Å². The molecular formula is C28H29FN6O3. The minimum Gasteiger partial charge on any atom is -0.481 e. The van der Waals surface area contributed by atoms with E-state index in [1.807, 2.05) is 43.7 Å². The van der Waals surface area contributed by atoms with E-state index in [4.69, 9.17) is 11.1 Å². The maximum atomic E-state index is 14.4. The summed E-state index contributed by atoms with van der Waals surface area (Å²) < 4.78 is 16.3. The van der Waals surface area contributed by atoms with Crippen LogP contribution in [0.3, 0.4) is 0 Å². The van der Waals surface area contributed by atoms with Gasteiger partial charge >= 0.3 is 5.97 Å². The molecule has 10 heteroatoms. The van der Waals surface area contributed by atoms with Crippen LogP contribution in [0.2, 0.25) is 0 Å². The molecule has 0 bridgehead atoms. The van der Waals surface area contributed by atoms with Gasteiger partial charge in [0.15, 0.2) is 0 Å². The number of imidazole rings is 1. The molecule has 9 nitrogen and oxygen atoms in total. The monoisotopic (exact) mass is 516 g/mol. The Bertz CT molecular complexity index is 1560. The molecule has 0 spiro atoms. The number of hydrogen-bond donors (Lipinski definition) is 4. The number of benzene rings is 3. The van der Waals surface area contributed by atoms with Gasteiger partial charge in [0.1, 0.15) is 17.5 Å². The molecule has 1 heterocycles. The molecule has 38 heavy (non-hydrogen) atoms. The second kappa shape index (κ2) is 10.7. The summed E-state index contributed by atoms with van der Waals surface area (Å²) in [6.45, 7) is 4.10. The summed E-state index contributed by atoms with van der Waals surface area (Å²) in [6, 6.07) is 15.1. The number of nitrogens with two attached hydrogens (primary N) is 1. The third kappa shape index (κ3) is 5.49. The van der Waals surface area contributed by atoms with Gasteiger partial charge in [0.05, 0.1) is 29.7 Å². The fourth-order valence-electron chi connectivity index (χ4n) is 4.34. The molecule has 0 aliphatic heterocycles. The Hall–Kier alpha value is -4.73. The first kappa shape index (κ1) is 26.3. The quantitative estimate of drug-likeness (QED) is 0.193. The van der Waals surface area contributed by atoms with Crippen LogP contribution in [-0.2, 0) is 18.4 Å². The number of amides is 1. The first-order valence-electron chi connectivity index (χ1n) is 12.0. The number of carbonyl (C=O) groups is 2. The highest BCUT2D eigenvalue weighted by atomic mass is 19.1. The second-order valence-electron chi connectivity index (χ2n) is 9.14. The molecule has 5 N–H and O–H groups in total. The molecule has 0 atom stereocenters. The normalized spacial score (nSPS) is 10.9. The number of carbonyl (C=O) groups excluding carboxylic acids is 1. The number of amidine groups is 1. The van der Waals surface area contributed by atoms with Crippen molar-refractivity contribution in [2.24, 2.45) is 12.8 Å². The maximum absolute atomic E-state index is 14.4. The average molecular weight is 517 g/mol. The van der Waals surface area contributed by atoms with Crippen LogP contribution in [0.25, 0.3) is 11.0 Å². The van der Waals surface area contributed by atoms with Gasteiger partial charge < -0.3 is 25.6 Å². The van der Waals surface area contributed by atoms with E-state index >= 15 is 0 Å². The van der Waals surface area contributed by atoms with Gasteiger partial charge in [-0.25, -0.2) is 9.37 Å². The number of fused-ring (bicyclic) bond motifs is 1. The first-order chi connectivity index (χ1) is 18.0. The highest BCUT2D eigenvalue weighted by molar-refractivity contribution is 6.08. The van der Waals surface area contributed by atoms with Crippen molar-refractivity contribution in [3.63, 3.8) is 0 Å². The number of carboxylic acids is 1. The van der Waals surface area contributed by atoms with Gasteiger partial charge in [-0.1, -0.05) is 17.7 Å². The zero-order valence-corrected chi connectivity index (χ0v) is 21.4. The van der Waals surface area contributed by atoms with Crippen molar-refractivity contribution in [3.05, 3.63) is 88.5 Å². The number of nitrogen functional groups attached to an aromatic ring is 1. The van der Waals surface area contributed by atoms with Crippen LogP contribution in [0.5, 0.6) is 0 Å². The summed E-state index contributed by atoms with van der Waals surface area (Å²) in [7, 11) is 1.83. The van der Waals surface area contributed by atoms with E-state index in [0.29, 0.717) is 28.2 Å². The predicted octanol–water partition coefficient (Wildman–Crippen LogP) is 4.35. The number of aliphatic carboxylic acids is 1. The number of rotatable bonds is 9. The van der Waals surface area contributed by atoms with Crippen molar-refractivity contribution >= 4 is 40.1 Å². The summed E-state index contributed by atoms with van der Waals surface area (Å²) in [4.78, 5) is 31.0. The molecule has 0 aliphatic carbocycles. The number of nitrogens with one attached hydrogen (secondary N) is 2. The molecule has 0 aliphatic rings. The average Bonchev–Trinajstić information content (AvgIpc) is 3.18. The zero-order valence-electron chi connectivity index (χ0n) is 21.4. The van der Waals surface area contributed by atoms with Crippen LogP contribution >= 0.6 is 0 Å². The number of aromatic nitrogens is 2. The Morgan fingerprint density at radius 1 is 1.11 bits per heavy atom. The Morgan fingerprint density at radius 3 is 2.50 bits per heavy atom. The van der Waals surface area contributed by atoms with E-state index in [1.54, 1.807) is 24.3 Å². The van der Waals surface area contributed by atoms with Gasteiger partial charge in [0.2, 0.25) is 0 Å². The van der Waals surface area contributed by atoms with Gasteiger partial charge in [-0.3, -0.25) is 15.0 Å². The van der Waals surface area contributed by atoms with E-state index in [1.165, 1.54) is 17.0 Å². The van der Waals surface area contributed by atoms with Crippen LogP contribution in [0, 0.1) is 25.1 Å². The van der Waals surface area contributed by atoms with Crippen LogP contribution in [0.15, 0.2) is 54.6 Å². The summed E-state index contributed by atoms with van der Waals surface area (Å²) in [6.07, 6.45) is -0.190. The number of halogens is 1. The van der Waals surface area contributed by atoms with Gasteiger partial charge in [-0.15, -0.1) is 0 Å². The molecule has 0 saturated heterocycles. The topological polar surface area (TPSA) is 137 Å². The smallest absolute Gasteiger partial charge is 0.305 e. The van der Waals surface area contributed by atoms with Crippen LogP contribution in [-0.4, -0.2) is 38.9 Å². The van der Waals surface area contributed by atoms with Crippen molar-refractivity contribution in [1.82, 2.24) is 9.55 Å². The van der Waals surface area contributed by atoms with E-state index in [9.17, 15) is 19.1 Å². The highest BCUT2D eigenvalue weighted by Gasteiger charge is 2.22. The Labute approximate surface area is 219 Å². The van der Waals surface area contributed by atoms with Gasteiger partial charge in [0, 0.05) is 30.4 Å². The summed E-state index contributed by atoms with van der Waals surface area (Å²) in [5, 5.41) is 19.7. The molecule has 3 aromatic carbocycles. The van der Waals surface area contributed by atoms with E-state index in [0.717, 1.165) is 16.6 Å². The van der Waals surface area contributed by atoms with Crippen molar-refractivity contribution < 1.29 is 19.1 Å². The number of nitrogens with zero attached hydrogens (tertiary/aromatic N) is 3. The fourth-order valence-corrected chi connectivity index (χ4v) is 4.34. The van der Waals surface area contributed by atoms with Crippen LogP contribution in [0.4, 0.5) is 15.8 Å². The molecule has 1 amide bonds. The lowest BCUT2D eigenvalue weighted by atomic mass is 10.1. The number of anilines is 2. The fraction of sp³-hybridized carbons (Fsp3) is 0.214. The zero-order chi connectivity index (χ0) is 27.6. The van der Waals surface area contributed by atoms with Crippen molar-refractivity contribution in [1.29, 1.82) is 5.41 Å². The minimum absolute atomic E-state index is 0.0292. The first-order valence-corrected chi connectivity index (χ1v) is 12.0. The summed E-state index contributed by atoms with van der Waals surface area (Å²) in [5.41, 5.74) is 10.3. The lowest BCUT2D eigenvalue weighted by Gasteiger charge is -2.24. The SMILES string of the molecule is Cc1ccc(N(CCC(=O)O)C(=O)c2ccc3c(c2)nc(CNc2ccc(C(=N)N)cc2F)n3C)c(C)c1. The van der Waals surface area contributed by atoms with Gasteiger partial charge in [-0.2, -0.15) is 0 Å². The van der Waals surface area contributed by atoms with Crippen LogP contribution < -0.4 is 16.0 Å². The summed E-state index contributed by atoms with van der Waals surface area (Å²) >= 11 is 0. The van der Waals surface area contributed by atoms with Crippen molar-refractivity contribution in [2.45, 2.75) is 26.8 Å². The summed E-state index contributed by atoms with van der Waals surface area (Å²) in [5.74, 6) is -1.43. The van der Waals surface area contributed by atoms with Gasteiger partial charge in [-0.05, 0) is 61.9 Å². The molecule has 4 aromatic rings. The minimum atomic E-state index is -0.989.